The Kier molecular flexibility index (Phi) is 9.57. The quantitative estimate of drug-likeness (QED) is 0.690. The maximum atomic E-state index is 12.4. The van der Waals surface area contributed by atoms with E-state index in [2.05, 4.69) is 36.7 Å². The van der Waals surface area contributed by atoms with E-state index in [1.165, 1.54) is 0 Å². The highest BCUT2D eigenvalue weighted by molar-refractivity contribution is 5.85. The first-order valence-corrected chi connectivity index (χ1v) is 9.51. The number of piperidine rings is 2. The zero-order chi connectivity index (χ0) is 17.5. The van der Waals surface area contributed by atoms with Gasteiger partial charge in [-0.2, -0.15) is 0 Å². The van der Waals surface area contributed by atoms with Crippen molar-refractivity contribution in [2.75, 3.05) is 26.2 Å². The molecular weight excluding hydrogens is 340 g/mol. The summed E-state index contributed by atoms with van der Waals surface area (Å²) in [5.74, 6) is 0.854. The molecule has 2 fully saturated rings. The minimum Gasteiger partial charge on any atom is -0.352 e. The number of carbonyl (C=O) groups excluding carboxylic acids is 2. The third kappa shape index (κ3) is 7.40. The molecule has 2 aliphatic heterocycles. The van der Waals surface area contributed by atoms with Crippen LogP contribution >= 0.6 is 12.4 Å². The van der Waals surface area contributed by atoms with Gasteiger partial charge in [0.25, 0.3) is 0 Å². The first-order chi connectivity index (χ1) is 11.5. The summed E-state index contributed by atoms with van der Waals surface area (Å²) in [6, 6.07) is 0.589. The summed E-state index contributed by atoms with van der Waals surface area (Å²) >= 11 is 0. The molecule has 0 aromatic carbocycles. The molecule has 3 N–H and O–H groups in total. The smallest absolute Gasteiger partial charge is 0.317 e. The molecule has 2 aliphatic rings. The van der Waals surface area contributed by atoms with Crippen LogP contribution < -0.4 is 16.0 Å². The fourth-order valence-corrected chi connectivity index (χ4v) is 3.59. The van der Waals surface area contributed by atoms with Crippen LogP contribution in [0, 0.1) is 11.8 Å². The largest absolute Gasteiger partial charge is 0.352 e. The van der Waals surface area contributed by atoms with Gasteiger partial charge < -0.3 is 20.9 Å². The summed E-state index contributed by atoms with van der Waals surface area (Å²) in [4.78, 5) is 26.4. The van der Waals surface area contributed by atoms with E-state index in [-0.39, 0.29) is 36.3 Å². The molecule has 2 heterocycles. The molecule has 0 aromatic heterocycles. The van der Waals surface area contributed by atoms with E-state index < -0.39 is 0 Å². The van der Waals surface area contributed by atoms with Gasteiger partial charge in [-0.05, 0) is 51.0 Å². The molecule has 2 saturated heterocycles. The average molecular weight is 375 g/mol. The van der Waals surface area contributed by atoms with E-state index in [0.717, 1.165) is 38.8 Å². The van der Waals surface area contributed by atoms with E-state index in [1.807, 2.05) is 4.90 Å². The molecule has 7 heteroatoms. The van der Waals surface area contributed by atoms with Crippen molar-refractivity contribution in [1.82, 2.24) is 20.9 Å². The van der Waals surface area contributed by atoms with E-state index in [1.54, 1.807) is 0 Å². The SMILES string of the molecule is CC(C)CNC(=O)N1CCCC(CC(=O)NC2CCCNC2C)C1.Cl. The van der Waals surface area contributed by atoms with E-state index >= 15 is 0 Å². The zero-order valence-corrected chi connectivity index (χ0v) is 16.7. The van der Waals surface area contributed by atoms with Crippen molar-refractivity contribution in [2.45, 2.75) is 65.0 Å². The Hall–Kier alpha value is -1.01. The van der Waals surface area contributed by atoms with Crippen molar-refractivity contribution in [3.05, 3.63) is 0 Å². The number of likely N-dealkylation sites (tertiary alicyclic amines) is 1. The molecule has 6 nitrogen and oxygen atoms in total. The highest BCUT2D eigenvalue weighted by Crippen LogP contribution is 2.20. The van der Waals surface area contributed by atoms with Crippen LogP contribution in [0.15, 0.2) is 0 Å². The maximum absolute atomic E-state index is 12.4. The van der Waals surface area contributed by atoms with E-state index in [4.69, 9.17) is 0 Å². The maximum Gasteiger partial charge on any atom is 0.317 e. The van der Waals surface area contributed by atoms with Crippen LogP contribution in [0.4, 0.5) is 4.79 Å². The molecule has 2 rings (SSSR count). The van der Waals surface area contributed by atoms with Crippen LogP contribution in [-0.4, -0.2) is 55.1 Å². The second kappa shape index (κ2) is 10.9. The first kappa shape index (κ1) is 22.0. The van der Waals surface area contributed by atoms with Gasteiger partial charge >= 0.3 is 6.03 Å². The van der Waals surface area contributed by atoms with Crippen LogP contribution in [0.1, 0.15) is 52.9 Å². The number of urea groups is 1. The summed E-state index contributed by atoms with van der Waals surface area (Å²) in [5, 5.41) is 9.57. The zero-order valence-electron chi connectivity index (χ0n) is 15.8. The lowest BCUT2D eigenvalue weighted by Crippen LogP contribution is -2.52. The van der Waals surface area contributed by atoms with Gasteiger partial charge in [0.05, 0.1) is 0 Å². The Bertz CT molecular complexity index is 433. The summed E-state index contributed by atoms with van der Waals surface area (Å²) in [7, 11) is 0. The number of halogens is 1. The molecule has 146 valence electrons. The first-order valence-electron chi connectivity index (χ1n) is 9.51. The predicted octanol–water partition coefficient (Wildman–Crippen LogP) is 2.13. The minimum absolute atomic E-state index is 0. The molecule has 0 saturated carbocycles. The molecule has 3 unspecified atom stereocenters. The fraction of sp³-hybridized carbons (Fsp3) is 0.889. The lowest BCUT2D eigenvalue weighted by Gasteiger charge is -2.34. The Morgan fingerprint density at radius 1 is 1.24 bits per heavy atom. The Balaban J connectivity index is 0.00000312. The van der Waals surface area contributed by atoms with Gasteiger partial charge in [0.15, 0.2) is 0 Å². The molecule has 25 heavy (non-hydrogen) atoms. The van der Waals surface area contributed by atoms with Crippen molar-refractivity contribution in [3.63, 3.8) is 0 Å². The van der Waals surface area contributed by atoms with Gasteiger partial charge in [0, 0.05) is 38.1 Å². The number of hydrogen-bond donors (Lipinski definition) is 3. The summed E-state index contributed by atoms with van der Waals surface area (Å²) in [6.07, 6.45) is 4.70. The highest BCUT2D eigenvalue weighted by atomic mass is 35.5. The Morgan fingerprint density at radius 2 is 2.00 bits per heavy atom. The molecule has 3 amide bonds. The second-order valence-corrected chi connectivity index (χ2v) is 7.80. The predicted molar refractivity (Wildman–Crippen MR) is 103 cm³/mol. The van der Waals surface area contributed by atoms with Crippen LogP contribution in [-0.2, 0) is 4.79 Å². The third-order valence-electron chi connectivity index (χ3n) is 5.05. The standard InChI is InChI=1S/C18H34N4O2.ClH/c1-13(2)11-20-18(24)22-9-5-6-15(12-22)10-17(23)21-16-7-4-8-19-14(16)3;/h13-16,19H,4-12H2,1-3H3,(H,20,24)(H,21,23);1H. The molecule has 0 radical (unpaired) electrons. The Labute approximate surface area is 158 Å². The van der Waals surface area contributed by atoms with Crippen molar-refractivity contribution in [1.29, 1.82) is 0 Å². The topological polar surface area (TPSA) is 73.5 Å². The van der Waals surface area contributed by atoms with Gasteiger partial charge in [0.1, 0.15) is 0 Å². The molecule has 0 aromatic rings. The van der Waals surface area contributed by atoms with Crippen molar-refractivity contribution in [2.24, 2.45) is 11.8 Å². The van der Waals surface area contributed by atoms with Gasteiger partial charge in [-0.25, -0.2) is 4.79 Å². The van der Waals surface area contributed by atoms with Crippen LogP contribution in [0.5, 0.6) is 0 Å². The Morgan fingerprint density at radius 3 is 2.68 bits per heavy atom. The van der Waals surface area contributed by atoms with Crippen molar-refractivity contribution < 1.29 is 9.59 Å². The number of rotatable bonds is 5. The van der Waals surface area contributed by atoms with Crippen LogP contribution in [0.2, 0.25) is 0 Å². The molecule has 0 spiro atoms. The highest BCUT2D eigenvalue weighted by Gasteiger charge is 2.27. The normalized spacial score (nSPS) is 26.7. The van der Waals surface area contributed by atoms with Crippen LogP contribution in [0.25, 0.3) is 0 Å². The minimum atomic E-state index is 0. The van der Waals surface area contributed by atoms with Crippen molar-refractivity contribution >= 4 is 24.3 Å². The van der Waals surface area contributed by atoms with Gasteiger partial charge in [-0.15, -0.1) is 12.4 Å². The lowest BCUT2D eigenvalue weighted by molar-refractivity contribution is -0.123. The summed E-state index contributed by atoms with van der Waals surface area (Å²) < 4.78 is 0. The number of nitrogens with zero attached hydrogens (tertiary/aromatic N) is 1. The van der Waals surface area contributed by atoms with E-state index in [9.17, 15) is 9.59 Å². The lowest BCUT2D eigenvalue weighted by atomic mass is 9.93. The molecular formula is C18H35ClN4O2. The van der Waals surface area contributed by atoms with E-state index in [0.29, 0.717) is 31.5 Å². The number of carbonyl (C=O) groups is 2. The molecule has 0 bridgehead atoms. The van der Waals surface area contributed by atoms with Gasteiger partial charge in [-0.3, -0.25) is 4.79 Å². The summed E-state index contributed by atoms with van der Waals surface area (Å²) in [6.45, 7) is 9.53. The molecule has 3 atom stereocenters. The monoisotopic (exact) mass is 374 g/mol. The molecule has 0 aliphatic carbocycles. The number of nitrogens with one attached hydrogen (secondary N) is 3. The second-order valence-electron chi connectivity index (χ2n) is 7.80. The van der Waals surface area contributed by atoms with Gasteiger partial charge in [-0.1, -0.05) is 13.8 Å². The van der Waals surface area contributed by atoms with Gasteiger partial charge in [0.2, 0.25) is 5.91 Å². The van der Waals surface area contributed by atoms with Crippen LogP contribution in [0.3, 0.4) is 0 Å². The number of hydrogen-bond acceptors (Lipinski definition) is 3. The fourth-order valence-electron chi connectivity index (χ4n) is 3.59. The number of amides is 3. The summed E-state index contributed by atoms with van der Waals surface area (Å²) in [5.41, 5.74) is 0. The van der Waals surface area contributed by atoms with Crippen molar-refractivity contribution in [3.8, 4) is 0 Å². The third-order valence-corrected chi connectivity index (χ3v) is 5.05. The average Bonchev–Trinajstić information content (AvgIpc) is 2.55.